The fourth-order valence-corrected chi connectivity index (χ4v) is 4.42. The van der Waals surface area contributed by atoms with E-state index in [4.69, 9.17) is 21.1 Å². The lowest BCUT2D eigenvalue weighted by Gasteiger charge is -2.06. The van der Waals surface area contributed by atoms with E-state index < -0.39 is 5.97 Å². The third-order valence-electron chi connectivity index (χ3n) is 5.70. The van der Waals surface area contributed by atoms with Gasteiger partial charge in [0.15, 0.2) is 0 Å². The molecule has 0 fully saturated rings. The summed E-state index contributed by atoms with van der Waals surface area (Å²) < 4.78 is 7.41. The van der Waals surface area contributed by atoms with Crippen LogP contribution in [0.15, 0.2) is 71.5 Å². The number of halogens is 1. The van der Waals surface area contributed by atoms with Gasteiger partial charge in [0.2, 0.25) is 0 Å². The number of carboxylic acids is 1. The SMILES string of the molecule is Cc1noc(C)c1-c1cnc2c(c1)c(-c1cccc(C(=O)O)c1)cn2Cc1cccc(Cl)c1. The van der Waals surface area contributed by atoms with Gasteiger partial charge in [-0.3, -0.25) is 0 Å². The Morgan fingerprint density at radius 3 is 2.64 bits per heavy atom. The number of carboxylic acid groups (broad SMARTS) is 1. The van der Waals surface area contributed by atoms with Gasteiger partial charge >= 0.3 is 5.97 Å². The second-order valence-corrected chi connectivity index (χ2v) is 8.42. The number of benzene rings is 2. The van der Waals surface area contributed by atoms with Gasteiger partial charge in [-0.05, 0) is 55.3 Å². The fourth-order valence-electron chi connectivity index (χ4n) is 4.21. The minimum absolute atomic E-state index is 0.234. The van der Waals surface area contributed by atoms with Crippen molar-refractivity contribution in [3.8, 4) is 22.3 Å². The van der Waals surface area contributed by atoms with E-state index in [1.165, 1.54) is 0 Å². The first-order chi connectivity index (χ1) is 15.9. The molecule has 7 heteroatoms. The number of carbonyl (C=O) groups is 1. The number of aryl methyl sites for hydroxylation is 2. The first-order valence-corrected chi connectivity index (χ1v) is 10.8. The van der Waals surface area contributed by atoms with E-state index in [1.54, 1.807) is 18.2 Å². The van der Waals surface area contributed by atoms with Gasteiger partial charge in [0.1, 0.15) is 11.4 Å². The van der Waals surface area contributed by atoms with Crippen LogP contribution in [0.2, 0.25) is 5.02 Å². The number of hydrogen-bond donors (Lipinski definition) is 1. The molecule has 164 valence electrons. The summed E-state index contributed by atoms with van der Waals surface area (Å²) in [5.41, 5.74) is 6.38. The minimum Gasteiger partial charge on any atom is -0.478 e. The van der Waals surface area contributed by atoms with Gasteiger partial charge < -0.3 is 14.2 Å². The Bertz CT molecular complexity index is 1500. The highest BCUT2D eigenvalue weighted by molar-refractivity contribution is 6.30. The van der Waals surface area contributed by atoms with Gasteiger partial charge in [0.05, 0.1) is 11.3 Å². The second-order valence-electron chi connectivity index (χ2n) is 7.98. The molecular weight excluding hydrogens is 438 g/mol. The molecule has 0 unspecified atom stereocenters. The van der Waals surface area contributed by atoms with Crippen molar-refractivity contribution in [2.45, 2.75) is 20.4 Å². The number of nitrogens with zero attached hydrogens (tertiary/aromatic N) is 3. The van der Waals surface area contributed by atoms with E-state index in [-0.39, 0.29) is 5.56 Å². The van der Waals surface area contributed by atoms with Gasteiger partial charge in [-0.1, -0.05) is 41.0 Å². The molecule has 0 amide bonds. The average Bonchev–Trinajstić information content (AvgIpc) is 3.32. The Labute approximate surface area is 195 Å². The number of pyridine rings is 1. The molecule has 0 aliphatic heterocycles. The maximum absolute atomic E-state index is 11.6. The molecular formula is C26H20ClN3O3. The van der Waals surface area contributed by atoms with Crippen molar-refractivity contribution in [1.29, 1.82) is 0 Å². The van der Waals surface area contributed by atoms with E-state index in [1.807, 2.05) is 56.6 Å². The molecule has 33 heavy (non-hydrogen) atoms. The Hall–Kier alpha value is -3.90. The molecule has 5 rings (SSSR count). The van der Waals surface area contributed by atoms with Crippen molar-refractivity contribution in [1.82, 2.24) is 14.7 Å². The maximum atomic E-state index is 11.6. The molecule has 0 bridgehead atoms. The van der Waals surface area contributed by atoms with Crippen molar-refractivity contribution in [3.05, 3.63) is 94.6 Å². The molecule has 2 aromatic carbocycles. The van der Waals surface area contributed by atoms with Gasteiger partial charge in [0.25, 0.3) is 0 Å². The molecule has 0 aliphatic carbocycles. The molecule has 5 aromatic rings. The van der Waals surface area contributed by atoms with Crippen LogP contribution in [0, 0.1) is 13.8 Å². The van der Waals surface area contributed by atoms with Crippen molar-refractivity contribution < 1.29 is 14.4 Å². The third-order valence-corrected chi connectivity index (χ3v) is 5.93. The first-order valence-electron chi connectivity index (χ1n) is 10.4. The molecule has 0 aliphatic rings. The monoisotopic (exact) mass is 457 g/mol. The van der Waals surface area contributed by atoms with Crippen molar-refractivity contribution in [3.63, 3.8) is 0 Å². The Balaban J connectivity index is 1.72. The van der Waals surface area contributed by atoms with Crippen molar-refractivity contribution in [2.75, 3.05) is 0 Å². The zero-order valence-corrected chi connectivity index (χ0v) is 18.8. The van der Waals surface area contributed by atoms with Crippen LogP contribution < -0.4 is 0 Å². The summed E-state index contributed by atoms with van der Waals surface area (Å²) in [4.78, 5) is 16.3. The van der Waals surface area contributed by atoms with Gasteiger partial charge in [-0.15, -0.1) is 0 Å². The standard InChI is InChI=1S/C26H20ClN3O3/c1-15-24(16(2)33-29-15)20-11-22-23(18-6-4-7-19(10-18)26(31)32)14-30(25(22)28-12-20)13-17-5-3-8-21(27)9-17/h3-12,14H,13H2,1-2H3,(H,31,32). The number of fused-ring (bicyclic) bond motifs is 1. The molecule has 0 saturated carbocycles. The summed E-state index contributed by atoms with van der Waals surface area (Å²) in [6, 6.07) is 16.7. The minimum atomic E-state index is -0.964. The van der Waals surface area contributed by atoms with Gasteiger partial charge in [-0.25, -0.2) is 9.78 Å². The maximum Gasteiger partial charge on any atom is 0.335 e. The van der Waals surface area contributed by atoms with Crippen LogP contribution in [0.5, 0.6) is 0 Å². The molecule has 0 radical (unpaired) electrons. The largest absolute Gasteiger partial charge is 0.478 e. The normalized spacial score (nSPS) is 11.2. The predicted octanol–water partition coefficient (Wildman–Crippen LogP) is 6.38. The van der Waals surface area contributed by atoms with Crippen LogP contribution in [-0.2, 0) is 6.54 Å². The van der Waals surface area contributed by atoms with E-state index >= 15 is 0 Å². The van der Waals surface area contributed by atoms with Crippen LogP contribution in [0.4, 0.5) is 0 Å². The summed E-state index contributed by atoms with van der Waals surface area (Å²) in [6.07, 6.45) is 3.83. The first kappa shape index (κ1) is 21.0. The molecule has 0 atom stereocenters. The Morgan fingerprint density at radius 1 is 1.09 bits per heavy atom. The van der Waals surface area contributed by atoms with E-state index in [0.29, 0.717) is 11.6 Å². The highest BCUT2D eigenvalue weighted by Crippen LogP contribution is 2.35. The van der Waals surface area contributed by atoms with Crippen molar-refractivity contribution in [2.24, 2.45) is 0 Å². The molecule has 0 spiro atoms. The summed E-state index contributed by atoms with van der Waals surface area (Å²) in [5, 5.41) is 15.1. The third kappa shape index (κ3) is 3.90. The Kier molecular flexibility index (Phi) is 5.23. The van der Waals surface area contributed by atoms with Crippen LogP contribution in [0.25, 0.3) is 33.3 Å². The lowest BCUT2D eigenvalue weighted by molar-refractivity contribution is 0.0697. The molecule has 1 N–H and O–H groups in total. The Morgan fingerprint density at radius 2 is 1.91 bits per heavy atom. The highest BCUT2D eigenvalue weighted by Gasteiger charge is 2.18. The highest BCUT2D eigenvalue weighted by atomic mass is 35.5. The lowest BCUT2D eigenvalue weighted by atomic mass is 10.0. The topological polar surface area (TPSA) is 81.2 Å². The molecule has 3 heterocycles. The number of hydrogen-bond acceptors (Lipinski definition) is 4. The van der Waals surface area contributed by atoms with E-state index in [9.17, 15) is 9.90 Å². The summed E-state index contributed by atoms with van der Waals surface area (Å²) in [6.45, 7) is 4.35. The van der Waals surface area contributed by atoms with Crippen molar-refractivity contribution >= 4 is 28.6 Å². The van der Waals surface area contributed by atoms with Crippen LogP contribution in [0.3, 0.4) is 0 Å². The number of aromatic nitrogens is 3. The average molecular weight is 458 g/mol. The zero-order valence-electron chi connectivity index (χ0n) is 18.0. The van der Waals surface area contributed by atoms with Crippen LogP contribution in [0.1, 0.15) is 27.4 Å². The number of rotatable bonds is 5. The quantitative estimate of drug-likeness (QED) is 0.331. The smallest absolute Gasteiger partial charge is 0.335 e. The van der Waals surface area contributed by atoms with Gasteiger partial charge in [0, 0.05) is 46.0 Å². The lowest BCUT2D eigenvalue weighted by Crippen LogP contribution is -1.99. The fraction of sp³-hybridized carbons (Fsp3) is 0.115. The number of aromatic carboxylic acids is 1. The molecule has 6 nitrogen and oxygen atoms in total. The summed E-state index contributed by atoms with van der Waals surface area (Å²) in [5.74, 6) is -0.240. The summed E-state index contributed by atoms with van der Waals surface area (Å²) >= 11 is 6.19. The zero-order chi connectivity index (χ0) is 23.1. The van der Waals surface area contributed by atoms with E-state index in [2.05, 4.69) is 15.8 Å². The predicted molar refractivity (Wildman–Crippen MR) is 128 cm³/mol. The van der Waals surface area contributed by atoms with E-state index in [0.717, 1.165) is 50.3 Å². The second kappa shape index (κ2) is 8.22. The molecule has 0 saturated heterocycles. The summed E-state index contributed by atoms with van der Waals surface area (Å²) in [7, 11) is 0. The van der Waals surface area contributed by atoms with Crippen LogP contribution in [-0.4, -0.2) is 25.8 Å². The molecule has 3 aromatic heterocycles. The van der Waals surface area contributed by atoms with Crippen LogP contribution >= 0.6 is 11.6 Å². The van der Waals surface area contributed by atoms with Gasteiger partial charge in [-0.2, -0.15) is 0 Å².